The molecule has 1 atom stereocenters. The summed E-state index contributed by atoms with van der Waals surface area (Å²) in [5.41, 5.74) is 6.65. The van der Waals surface area contributed by atoms with E-state index in [1.54, 1.807) is 23.3 Å². The van der Waals surface area contributed by atoms with Crippen LogP contribution in [0.4, 0.5) is 4.39 Å². The van der Waals surface area contributed by atoms with Gasteiger partial charge in [-0.1, -0.05) is 30.7 Å². The van der Waals surface area contributed by atoms with E-state index >= 15 is 0 Å². The van der Waals surface area contributed by atoms with Gasteiger partial charge in [0.1, 0.15) is 0 Å². The molecule has 4 rings (SSSR count). The Kier molecular flexibility index (Phi) is 14.1. The van der Waals surface area contributed by atoms with Crippen LogP contribution in [0.3, 0.4) is 0 Å². The zero-order valence-electron chi connectivity index (χ0n) is 23.0. The quantitative estimate of drug-likeness (QED) is 0.0971. The van der Waals surface area contributed by atoms with Crippen molar-refractivity contribution in [3.8, 4) is 0 Å². The van der Waals surface area contributed by atoms with Crippen molar-refractivity contribution in [2.75, 3.05) is 12.0 Å². The molecule has 0 spiro atoms. The third kappa shape index (κ3) is 9.32. The standard InChI is InChI=1S/C17H23FINO.C13H17N.C2H4/c1-6-8-9-14(7-2)16-11-17(18)15(10-13(16)3)12-21-19(4)20-5;1-2-7-12-10(4-1)8-9-13(12)14-11-5-3-6-11;1-2/h6-11,20H,1,12H2,2-5H3;1-2,4,7,11,13-14H,3,5-6,8-9H2;1-2H2/b9-8-,14-7+;;. The molecular weight excluding hydrogens is 574 g/mol. The summed E-state index contributed by atoms with van der Waals surface area (Å²) in [4.78, 5) is 2.04. The number of hydrogen-bond acceptors (Lipinski definition) is 3. The molecule has 0 saturated heterocycles. The minimum Gasteiger partial charge on any atom is -0.307 e. The van der Waals surface area contributed by atoms with Gasteiger partial charge in [-0.05, 0) is 36.8 Å². The van der Waals surface area contributed by atoms with Gasteiger partial charge in [0.05, 0.1) is 0 Å². The second-order valence-electron chi connectivity index (χ2n) is 9.04. The van der Waals surface area contributed by atoms with E-state index in [2.05, 4.69) is 52.8 Å². The Bertz CT molecular complexity index is 1060. The molecule has 1 saturated carbocycles. The van der Waals surface area contributed by atoms with Gasteiger partial charge in [-0.25, -0.2) is 0 Å². The SMILES string of the molecule is C=C.C=C/C=C\C(=C/C)c1cc(F)c(COI(C)NC)cc1C.c1ccc2c(c1)CCC2NC1CCC1. The zero-order valence-corrected chi connectivity index (χ0v) is 25.1. The molecule has 2 aliphatic rings. The second kappa shape index (κ2) is 16.7. The average molecular weight is 619 g/mol. The number of hydrogen-bond donors (Lipinski definition) is 2. The predicted molar refractivity (Wildman–Crippen MR) is 167 cm³/mol. The maximum Gasteiger partial charge on any atom is 0.0328 e. The van der Waals surface area contributed by atoms with Crippen LogP contribution in [0.5, 0.6) is 0 Å². The smallest absolute Gasteiger partial charge is 0.0328 e. The number of benzene rings is 2. The molecule has 0 bridgehead atoms. The largest absolute Gasteiger partial charge is 0.307 e. The van der Waals surface area contributed by atoms with Crippen LogP contribution in [0.25, 0.3) is 5.57 Å². The van der Waals surface area contributed by atoms with Crippen LogP contribution in [-0.2, 0) is 16.1 Å². The molecule has 2 aromatic rings. The van der Waals surface area contributed by atoms with E-state index < -0.39 is 20.5 Å². The molecule has 2 aliphatic carbocycles. The molecule has 3 nitrogen and oxygen atoms in total. The Morgan fingerprint density at radius 3 is 2.54 bits per heavy atom. The fourth-order valence-electron chi connectivity index (χ4n) is 4.46. The van der Waals surface area contributed by atoms with Crippen LogP contribution in [0, 0.1) is 12.7 Å². The van der Waals surface area contributed by atoms with Gasteiger partial charge in [0.2, 0.25) is 0 Å². The van der Waals surface area contributed by atoms with Gasteiger partial charge in [0, 0.05) is 12.1 Å². The van der Waals surface area contributed by atoms with Crippen LogP contribution < -0.4 is 8.85 Å². The predicted octanol–water partition coefficient (Wildman–Crippen LogP) is 8.60. The third-order valence-corrected chi connectivity index (χ3v) is 9.51. The summed E-state index contributed by atoms with van der Waals surface area (Å²) in [6, 6.07) is 13.8. The first-order valence-electron chi connectivity index (χ1n) is 13.0. The molecule has 0 heterocycles. The van der Waals surface area contributed by atoms with E-state index in [-0.39, 0.29) is 5.82 Å². The Morgan fingerprint density at radius 1 is 1.19 bits per heavy atom. The molecule has 202 valence electrons. The molecule has 37 heavy (non-hydrogen) atoms. The molecule has 0 radical (unpaired) electrons. The van der Waals surface area contributed by atoms with Gasteiger partial charge >= 0.3 is 135 Å². The normalized spacial score (nSPS) is 17.2. The zero-order chi connectivity index (χ0) is 27.2. The first-order chi connectivity index (χ1) is 18.0. The van der Waals surface area contributed by atoms with Gasteiger partial charge in [0.25, 0.3) is 0 Å². The molecular formula is C32H44FIN2O. The topological polar surface area (TPSA) is 33.3 Å². The fraction of sp³-hybridized carbons (Fsp3) is 0.375. The summed E-state index contributed by atoms with van der Waals surface area (Å²) in [7, 11) is 1.87. The number of allylic oxidation sites excluding steroid dienone is 5. The van der Waals surface area contributed by atoms with Gasteiger partial charge in [-0.3, -0.25) is 0 Å². The first-order valence-corrected chi connectivity index (χ1v) is 17.1. The molecule has 1 fully saturated rings. The van der Waals surface area contributed by atoms with E-state index in [0.29, 0.717) is 18.2 Å². The van der Waals surface area contributed by atoms with E-state index in [9.17, 15) is 4.39 Å². The summed E-state index contributed by atoms with van der Waals surface area (Å²) in [6.45, 7) is 13.9. The molecule has 0 amide bonds. The van der Waals surface area contributed by atoms with Crippen molar-refractivity contribution in [2.24, 2.45) is 0 Å². The number of aryl methyl sites for hydroxylation is 2. The maximum atomic E-state index is 14.2. The minimum atomic E-state index is -1.56. The Hall–Kier alpha value is -2.06. The summed E-state index contributed by atoms with van der Waals surface area (Å²) in [5.74, 6) is -0.220. The molecule has 1 unspecified atom stereocenters. The van der Waals surface area contributed by atoms with Crippen molar-refractivity contribution in [1.82, 2.24) is 8.85 Å². The van der Waals surface area contributed by atoms with Crippen LogP contribution in [0.1, 0.15) is 66.5 Å². The third-order valence-electron chi connectivity index (χ3n) is 6.74. The monoisotopic (exact) mass is 618 g/mol. The molecule has 5 heteroatoms. The minimum absolute atomic E-state index is 0.220. The number of halogens is 2. The summed E-state index contributed by atoms with van der Waals surface area (Å²) < 4.78 is 23.0. The Morgan fingerprint density at radius 2 is 1.92 bits per heavy atom. The van der Waals surface area contributed by atoms with Gasteiger partial charge in [0.15, 0.2) is 0 Å². The van der Waals surface area contributed by atoms with Gasteiger partial charge in [-0.2, -0.15) is 0 Å². The van der Waals surface area contributed by atoms with Gasteiger partial charge < -0.3 is 5.32 Å². The average Bonchev–Trinajstić information content (AvgIpc) is 3.31. The van der Waals surface area contributed by atoms with Crippen LogP contribution >= 0.6 is 20.5 Å². The second-order valence-corrected chi connectivity index (χ2v) is 13.1. The number of rotatable bonds is 9. The van der Waals surface area contributed by atoms with Crippen LogP contribution in [0.2, 0.25) is 0 Å². The summed E-state index contributed by atoms with van der Waals surface area (Å²) >= 11 is -1.56. The summed E-state index contributed by atoms with van der Waals surface area (Å²) in [6.07, 6.45) is 14.2. The van der Waals surface area contributed by atoms with Crippen molar-refractivity contribution in [1.29, 1.82) is 0 Å². The van der Waals surface area contributed by atoms with Crippen LogP contribution in [-0.4, -0.2) is 18.0 Å². The van der Waals surface area contributed by atoms with Gasteiger partial charge in [-0.15, -0.1) is 13.2 Å². The maximum absolute atomic E-state index is 14.2. The number of alkyl halides is 1. The number of fused-ring (bicyclic) bond motifs is 1. The Balaban J connectivity index is 0.000000258. The Labute approximate surface area is 232 Å². The molecule has 0 aromatic heterocycles. The van der Waals surface area contributed by atoms with Crippen molar-refractivity contribution in [3.05, 3.63) is 114 Å². The van der Waals surface area contributed by atoms with E-state index in [1.165, 1.54) is 32.1 Å². The molecule has 2 aromatic carbocycles. The van der Waals surface area contributed by atoms with Crippen molar-refractivity contribution in [3.63, 3.8) is 0 Å². The van der Waals surface area contributed by atoms with Crippen molar-refractivity contribution < 1.29 is 7.46 Å². The van der Waals surface area contributed by atoms with Crippen LogP contribution in [0.15, 0.2) is 80.4 Å². The van der Waals surface area contributed by atoms with E-state index in [0.717, 1.165) is 22.7 Å². The first kappa shape index (κ1) is 31.2. The van der Waals surface area contributed by atoms with Crippen molar-refractivity contribution in [2.45, 2.75) is 64.6 Å². The van der Waals surface area contributed by atoms with E-state index in [4.69, 9.17) is 3.07 Å². The van der Waals surface area contributed by atoms with E-state index in [1.807, 2.05) is 50.1 Å². The molecule has 2 N–H and O–H groups in total. The van der Waals surface area contributed by atoms with Crippen molar-refractivity contribution >= 4 is 26.1 Å². The molecule has 0 aliphatic heterocycles. The summed E-state index contributed by atoms with van der Waals surface area (Å²) in [5, 5.41) is 3.77. The fourth-order valence-corrected chi connectivity index (χ4v) is 5.58. The number of nitrogens with one attached hydrogen (secondary N) is 2.